The molecule has 2 aromatic rings. The van der Waals surface area contributed by atoms with Gasteiger partial charge >= 0.3 is 11.9 Å². The van der Waals surface area contributed by atoms with Gasteiger partial charge in [0.05, 0.1) is 18.2 Å². The first-order chi connectivity index (χ1) is 9.29. The van der Waals surface area contributed by atoms with Crippen LogP contribution in [0.1, 0.15) is 17.2 Å². The largest absolute Gasteiger partial charge is 0.416 e. The smallest absolute Gasteiger partial charge is 0.387 e. The minimum atomic E-state index is -4.46. The lowest BCUT2D eigenvalue weighted by atomic mass is 10.1. The van der Waals surface area contributed by atoms with Gasteiger partial charge in [0.15, 0.2) is 0 Å². The Labute approximate surface area is 112 Å². The lowest BCUT2D eigenvalue weighted by molar-refractivity contribution is -0.137. The van der Waals surface area contributed by atoms with Gasteiger partial charge in [0, 0.05) is 19.4 Å². The first-order valence-electron chi connectivity index (χ1n) is 5.86. The molecule has 0 radical (unpaired) electrons. The molecule has 0 fully saturated rings. The van der Waals surface area contributed by atoms with Gasteiger partial charge < -0.3 is 9.67 Å². The van der Waals surface area contributed by atoms with Crippen LogP contribution in [0.15, 0.2) is 41.5 Å². The van der Waals surface area contributed by atoms with Crippen LogP contribution in [0.3, 0.4) is 0 Å². The summed E-state index contributed by atoms with van der Waals surface area (Å²) in [6, 6.07) is 4.45. The van der Waals surface area contributed by atoms with E-state index < -0.39 is 17.8 Å². The Bertz CT molecular complexity index is 658. The number of aromatic nitrogens is 2. The highest BCUT2D eigenvalue weighted by Gasteiger charge is 2.30. The predicted octanol–water partition coefficient (Wildman–Crippen LogP) is 1.94. The molecule has 0 saturated carbocycles. The summed E-state index contributed by atoms with van der Waals surface area (Å²) in [6.07, 6.45) is -2.66. The van der Waals surface area contributed by atoms with Crippen LogP contribution in [0.4, 0.5) is 13.2 Å². The molecule has 0 aliphatic carbocycles. The van der Waals surface area contributed by atoms with Gasteiger partial charge in [0.2, 0.25) is 0 Å². The third-order valence-electron chi connectivity index (χ3n) is 2.99. The van der Waals surface area contributed by atoms with Crippen LogP contribution in [-0.4, -0.2) is 14.2 Å². The molecule has 2 rings (SSSR count). The second kappa shape index (κ2) is 5.16. The zero-order chi connectivity index (χ0) is 14.9. The number of benzene rings is 1. The molecule has 108 valence electrons. The van der Waals surface area contributed by atoms with Crippen LogP contribution in [-0.2, 0) is 19.8 Å². The summed E-state index contributed by atoms with van der Waals surface area (Å²) >= 11 is 0. The molecule has 4 nitrogen and oxygen atoms in total. The predicted molar refractivity (Wildman–Crippen MR) is 66.1 cm³/mol. The van der Waals surface area contributed by atoms with E-state index >= 15 is 0 Å². The van der Waals surface area contributed by atoms with E-state index in [1.807, 2.05) is 0 Å². The van der Waals surface area contributed by atoms with Gasteiger partial charge in [0.25, 0.3) is 0 Å². The van der Waals surface area contributed by atoms with E-state index in [1.54, 1.807) is 7.05 Å². The number of aliphatic hydroxyl groups is 1. The maximum atomic E-state index is 12.6. The van der Waals surface area contributed by atoms with E-state index in [-0.39, 0.29) is 17.8 Å². The van der Waals surface area contributed by atoms with Crippen molar-refractivity contribution >= 4 is 0 Å². The molecular formula is C13H13F3N2O2. The van der Waals surface area contributed by atoms with Crippen molar-refractivity contribution < 1.29 is 18.3 Å². The molecule has 0 aliphatic heterocycles. The van der Waals surface area contributed by atoms with Crippen molar-refractivity contribution in [3.8, 4) is 0 Å². The highest BCUT2D eigenvalue weighted by Crippen LogP contribution is 2.30. The third kappa shape index (κ3) is 2.93. The van der Waals surface area contributed by atoms with Gasteiger partial charge in [-0.2, -0.15) is 13.2 Å². The minimum Gasteiger partial charge on any atom is -0.387 e. The van der Waals surface area contributed by atoms with Crippen molar-refractivity contribution in [3.05, 3.63) is 58.3 Å². The van der Waals surface area contributed by atoms with E-state index in [0.29, 0.717) is 0 Å². The maximum absolute atomic E-state index is 12.6. The maximum Gasteiger partial charge on any atom is 0.416 e. The van der Waals surface area contributed by atoms with E-state index in [4.69, 9.17) is 0 Å². The van der Waals surface area contributed by atoms with Crippen LogP contribution < -0.4 is 5.69 Å². The molecule has 7 heteroatoms. The molecule has 0 amide bonds. The molecular weight excluding hydrogens is 273 g/mol. The fraction of sp³-hybridized carbons (Fsp3) is 0.308. The Morgan fingerprint density at radius 2 is 2.00 bits per heavy atom. The number of hydrogen-bond donors (Lipinski definition) is 1. The van der Waals surface area contributed by atoms with Crippen LogP contribution in [0, 0.1) is 0 Å². The second-order valence-corrected chi connectivity index (χ2v) is 4.48. The second-order valence-electron chi connectivity index (χ2n) is 4.48. The van der Waals surface area contributed by atoms with Gasteiger partial charge in [-0.05, 0) is 17.7 Å². The number of halogens is 3. The summed E-state index contributed by atoms with van der Waals surface area (Å²) in [6.45, 7) is -0.0962. The molecule has 1 atom stereocenters. The first kappa shape index (κ1) is 14.4. The molecule has 1 unspecified atom stereocenters. The lowest BCUT2D eigenvalue weighted by Gasteiger charge is -2.13. The van der Waals surface area contributed by atoms with Crippen LogP contribution in [0.5, 0.6) is 0 Å². The first-order valence-corrected chi connectivity index (χ1v) is 5.86. The monoisotopic (exact) mass is 286 g/mol. The van der Waals surface area contributed by atoms with Crippen molar-refractivity contribution in [1.82, 2.24) is 9.13 Å². The summed E-state index contributed by atoms with van der Waals surface area (Å²) in [7, 11) is 1.55. The van der Waals surface area contributed by atoms with Crippen LogP contribution in [0.25, 0.3) is 0 Å². The van der Waals surface area contributed by atoms with E-state index in [1.165, 1.54) is 33.7 Å². The average Bonchev–Trinajstić information content (AvgIpc) is 2.70. The average molecular weight is 286 g/mol. The topological polar surface area (TPSA) is 47.2 Å². The molecule has 1 heterocycles. The summed E-state index contributed by atoms with van der Waals surface area (Å²) in [4.78, 5) is 11.6. The summed E-state index contributed by atoms with van der Waals surface area (Å²) in [5.74, 6) is 0. The van der Waals surface area contributed by atoms with Crippen LogP contribution >= 0.6 is 0 Å². The quantitative estimate of drug-likeness (QED) is 0.937. The Hall–Kier alpha value is -2.02. The van der Waals surface area contributed by atoms with Crippen molar-refractivity contribution in [2.75, 3.05) is 0 Å². The van der Waals surface area contributed by atoms with Crippen molar-refractivity contribution in [1.29, 1.82) is 0 Å². The fourth-order valence-corrected chi connectivity index (χ4v) is 1.86. The molecule has 0 bridgehead atoms. The number of imidazole rings is 1. The molecule has 0 saturated heterocycles. The number of rotatable bonds is 3. The highest BCUT2D eigenvalue weighted by atomic mass is 19.4. The standard InChI is InChI=1S/C13H13F3N2O2/c1-17-5-6-18(12(17)20)8-11(19)9-3-2-4-10(7-9)13(14,15)16/h2-7,11,19H,8H2,1H3. The summed E-state index contributed by atoms with van der Waals surface area (Å²) < 4.78 is 40.3. The van der Waals surface area contributed by atoms with Crippen molar-refractivity contribution in [2.24, 2.45) is 7.05 Å². The number of aryl methyl sites for hydroxylation is 1. The SMILES string of the molecule is Cn1ccn(CC(O)c2cccc(C(F)(F)F)c2)c1=O. The molecule has 20 heavy (non-hydrogen) atoms. The van der Waals surface area contributed by atoms with Gasteiger partial charge in [-0.3, -0.25) is 4.57 Å². The Kier molecular flexibility index (Phi) is 3.71. The molecule has 1 aromatic heterocycles. The zero-order valence-corrected chi connectivity index (χ0v) is 10.6. The Balaban J connectivity index is 2.23. The summed E-state index contributed by atoms with van der Waals surface area (Å²) in [5.41, 5.74) is -1.04. The lowest BCUT2D eigenvalue weighted by Crippen LogP contribution is -2.24. The van der Waals surface area contributed by atoms with Crippen molar-refractivity contribution in [3.63, 3.8) is 0 Å². The molecule has 1 aromatic carbocycles. The summed E-state index contributed by atoms with van der Waals surface area (Å²) in [5, 5.41) is 9.96. The normalized spacial score (nSPS) is 13.4. The van der Waals surface area contributed by atoms with E-state index in [9.17, 15) is 23.1 Å². The van der Waals surface area contributed by atoms with Gasteiger partial charge in [-0.1, -0.05) is 12.1 Å². The number of alkyl halides is 3. The molecule has 0 aliphatic rings. The fourth-order valence-electron chi connectivity index (χ4n) is 1.86. The van der Waals surface area contributed by atoms with Gasteiger partial charge in [-0.25, -0.2) is 4.79 Å². The third-order valence-corrected chi connectivity index (χ3v) is 2.99. The number of nitrogens with zero attached hydrogens (tertiary/aromatic N) is 2. The van der Waals surface area contributed by atoms with E-state index in [0.717, 1.165) is 12.1 Å². The van der Waals surface area contributed by atoms with Crippen LogP contribution in [0.2, 0.25) is 0 Å². The highest BCUT2D eigenvalue weighted by molar-refractivity contribution is 5.27. The van der Waals surface area contributed by atoms with Crippen molar-refractivity contribution in [2.45, 2.75) is 18.8 Å². The Morgan fingerprint density at radius 3 is 2.55 bits per heavy atom. The molecule has 1 N–H and O–H groups in total. The Morgan fingerprint density at radius 1 is 1.30 bits per heavy atom. The molecule has 0 spiro atoms. The number of hydrogen-bond acceptors (Lipinski definition) is 2. The van der Waals surface area contributed by atoms with Gasteiger partial charge in [-0.15, -0.1) is 0 Å². The van der Waals surface area contributed by atoms with E-state index in [2.05, 4.69) is 0 Å². The zero-order valence-electron chi connectivity index (χ0n) is 10.6. The van der Waals surface area contributed by atoms with Gasteiger partial charge in [0.1, 0.15) is 0 Å². The minimum absolute atomic E-state index is 0.0962. The number of aliphatic hydroxyl groups excluding tert-OH is 1.